The summed E-state index contributed by atoms with van der Waals surface area (Å²) < 4.78 is 0. The van der Waals surface area contributed by atoms with Crippen LogP contribution in [-0.4, -0.2) is 4.98 Å². The van der Waals surface area contributed by atoms with Crippen LogP contribution in [0.15, 0.2) is 24.3 Å². The lowest BCUT2D eigenvalue weighted by Crippen LogP contribution is -2.09. The second-order valence-corrected chi connectivity index (χ2v) is 6.35. The third kappa shape index (κ3) is 2.77. The molecule has 108 valence electrons. The maximum atomic E-state index is 3.72. The lowest BCUT2D eigenvalue weighted by atomic mass is 9.83. The van der Waals surface area contributed by atoms with E-state index in [1.807, 2.05) is 0 Å². The predicted octanol–water partition coefficient (Wildman–Crippen LogP) is 5.95. The third-order valence-electron chi connectivity index (χ3n) is 4.89. The van der Waals surface area contributed by atoms with Crippen molar-refractivity contribution in [3.05, 3.63) is 35.5 Å². The molecule has 2 aromatic rings. The topological polar surface area (TPSA) is 15.8 Å². The Morgan fingerprint density at radius 3 is 2.85 bits per heavy atom. The molecule has 0 spiro atoms. The maximum absolute atomic E-state index is 3.72. The van der Waals surface area contributed by atoms with Gasteiger partial charge in [-0.3, -0.25) is 0 Å². The largest absolute Gasteiger partial charge is 0.358 e. The summed E-state index contributed by atoms with van der Waals surface area (Å²) in [6.07, 6.45) is 12.4. The van der Waals surface area contributed by atoms with Crippen LogP contribution in [0, 0.1) is 0 Å². The van der Waals surface area contributed by atoms with Crippen LogP contribution < -0.4 is 0 Å². The van der Waals surface area contributed by atoms with Crippen LogP contribution >= 0.6 is 0 Å². The molecule has 1 unspecified atom stereocenters. The van der Waals surface area contributed by atoms with Crippen molar-refractivity contribution in [3.8, 4) is 0 Å². The van der Waals surface area contributed by atoms with Gasteiger partial charge in [-0.25, -0.2) is 0 Å². The zero-order valence-electron chi connectivity index (χ0n) is 12.8. The van der Waals surface area contributed by atoms with Crippen molar-refractivity contribution in [1.29, 1.82) is 0 Å². The molecule has 0 radical (unpaired) electrons. The summed E-state index contributed by atoms with van der Waals surface area (Å²) in [5.41, 5.74) is 4.52. The van der Waals surface area contributed by atoms with Crippen LogP contribution in [0.3, 0.4) is 0 Å². The first-order valence-electron chi connectivity index (χ1n) is 8.49. The number of para-hydroxylation sites is 1. The van der Waals surface area contributed by atoms with Crippen LogP contribution in [-0.2, 0) is 6.42 Å². The average Bonchev–Trinajstić information content (AvgIpc) is 2.87. The highest BCUT2D eigenvalue weighted by Crippen LogP contribution is 2.38. The second-order valence-electron chi connectivity index (χ2n) is 6.35. The van der Waals surface area contributed by atoms with Gasteiger partial charge in [-0.05, 0) is 43.2 Å². The zero-order chi connectivity index (χ0) is 13.8. The van der Waals surface area contributed by atoms with Gasteiger partial charge < -0.3 is 4.98 Å². The minimum Gasteiger partial charge on any atom is -0.358 e. The SMILES string of the molecule is CCCCCCCC1CCCc2c1[nH]c1ccccc21. The highest BCUT2D eigenvalue weighted by Gasteiger charge is 2.23. The van der Waals surface area contributed by atoms with Crippen LogP contribution in [0.5, 0.6) is 0 Å². The van der Waals surface area contributed by atoms with E-state index in [4.69, 9.17) is 0 Å². The molecule has 0 saturated heterocycles. The number of aryl methyl sites for hydroxylation is 1. The summed E-state index contributed by atoms with van der Waals surface area (Å²) in [4.78, 5) is 3.72. The second kappa shape index (κ2) is 6.47. The standard InChI is InChI=1S/C19H27N/c1-2-3-4-5-6-10-15-11-9-13-17-16-12-7-8-14-18(16)20-19(15)17/h7-8,12,14-15,20H,2-6,9-11,13H2,1H3. The number of unbranched alkanes of at least 4 members (excludes halogenated alkanes) is 4. The number of nitrogens with one attached hydrogen (secondary N) is 1. The predicted molar refractivity (Wildman–Crippen MR) is 87.4 cm³/mol. The molecule has 1 aromatic carbocycles. The van der Waals surface area contributed by atoms with E-state index >= 15 is 0 Å². The van der Waals surface area contributed by atoms with E-state index < -0.39 is 0 Å². The number of aromatic nitrogens is 1. The van der Waals surface area contributed by atoms with Crippen molar-refractivity contribution in [2.24, 2.45) is 0 Å². The smallest absolute Gasteiger partial charge is 0.0459 e. The van der Waals surface area contributed by atoms with Gasteiger partial charge in [-0.1, -0.05) is 57.2 Å². The number of fused-ring (bicyclic) bond motifs is 3. The van der Waals surface area contributed by atoms with E-state index in [0.29, 0.717) is 0 Å². The molecule has 1 heteroatoms. The molecule has 1 atom stereocenters. The molecule has 1 aliphatic rings. The Hall–Kier alpha value is -1.24. The van der Waals surface area contributed by atoms with Gasteiger partial charge in [-0.2, -0.15) is 0 Å². The third-order valence-corrected chi connectivity index (χ3v) is 4.89. The monoisotopic (exact) mass is 269 g/mol. The molecule has 20 heavy (non-hydrogen) atoms. The van der Waals surface area contributed by atoms with E-state index in [0.717, 1.165) is 5.92 Å². The molecule has 0 amide bonds. The molecule has 1 nitrogen and oxygen atoms in total. The van der Waals surface area contributed by atoms with Crippen molar-refractivity contribution in [2.45, 2.75) is 70.6 Å². The number of benzene rings is 1. The van der Waals surface area contributed by atoms with Crippen molar-refractivity contribution >= 4 is 10.9 Å². The molecule has 0 fully saturated rings. The van der Waals surface area contributed by atoms with Gasteiger partial charge in [0.15, 0.2) is 0 Å². The molecular formula is C19H27N. The van der Waals surface area contributed by atoms with Crippen LogP contribution in [0.25, 0.3) is 10.9 Å². The van der Waals surface area contributed by atoms with E-state index in [1.165, 1.54) is 68.7 Å². The molecule has 1 aromatic heterocycles. The molecule has 0 aliphatic heterocycles. The highest BCUT2D eigenvalue weighted by molar-refractivity contribution is 5.85. The van der Waals surface area contributed by atoms with Crippen LogP contribution in [0.1, 0.15) is 75.5 Å². The molecule has 0 saturated carbocycles. The summed E-state index contributed by atoms with van der Waals surface area (Å²) in [6.45, 7) is 2.29. The maximum Gasteiger partial charge on any atom is 0.0459 e. The van der Waals surface area contributed by atoms with E-state index in [-0.39, 0.29) is 0 Å². The van der Waals surface area contributed by atoms with Gasteiger partial charge in [-0.15, -0.1) is 0 Å². The number of rotatable bonds is 6. The Morgan fingerprint density at radius 1 is 1.10 bits per heavy atom. The van der Waals surface area contributed by atoms with Crippen LogP contribution in [0.4, 0.5) is 0 Å². The van der Waals surface area contributed by atoms with Crippen LogP contribution in [0.2, 0.25) is 0 Å². The van der Waals surface area contributed by atoms with Crippen molar-refractivity contribution in [3.63, 3.8) is 0 Å². The highest BCUT2D eigenvalue weighted by atomic mass is 14.7. The van der Waals surface area contributed by atoms with Gasteiger partial charge in [0.25, 0.3) is 0 Å². The normalized spacial score (nSPS) is 18.4. The zero-order valence-corrected chi connectivity index (χ0v) is 12.8. The summed E-state index contributed by atoms with van der Waals surface area (Å²) in [5.74, 6) is 0.785. The van der Waals surface area contributed by atoms with Gasteiger partial charge in [0.05, 0.1) is 0 Å². The Morgan fingerprint density at radius 2 is 1.95 bits per heavy atom. The lowest BCUT2D eigenvalue weighted by molar-refractivity contribution is 0.480. The number of hydrogen-bond donors (Lipinski definition) is 1. The first kappa shape index (κ1) is 13.7. The fraction of sp³-hybridized carbons (Fsp3) is 0.579. The summed E-state index contributed by atoms with van der Waals surface area (Å²) in [6, 6.07) is 8.83. The number of H-pyrrole nitrogens is 1. The van der Waals surface area contributed by atoms with Gasteiger partial charge in [0, 0.05) is 16.6 Å². The Balaban J connectivity index is 1.70. The fourth-order valence-corrected chi connectivity index (χ4v) is 3.79. The molecule has 3 rings (SSSR count). The van der Waals surface area contributed by atoms with Crippen molar-refractivity contribution < 1.29 is 0 Å². The first-order valence-corrected chi connectivity index (χ1v) is 8.49. The first-order chi connectivity index (χ1) is 9.90. The molecule has 1 aliphatic carbocycles. The Bertz CT molecular complexity index is 552. The number of aromatic amines is 1. The van der Waals surface area contributed by atoms with E-state index in [9.17, 15) is 0 Å². The van der Waals surface area contributed by atoms with Crippen molar-refractivity contribution in [1.82, 2.24) is 4.98 Å². The lowest BCUT2D eigenvalue weighted by Gasteiger charge is -2.22. The minimum atomic E-state index is 0.785. The van der Waals surface area contributed by atoms with Crippen molar-refractivity contribution in [2.75, 3.05) is 0 Å². The van der Waals surface area contributed by atoms with Gasteiger partial charge >= 0.3 is 0 Å². The Kier molecular flexibility index (Phi) is 4.44. The minimum absolute atomic E-state index is 0.785. The molecule has 1 heterocycles. The average molecular weight is 269 g/mol. The molecule has 0 bridgehead atoms. The molecular weight excluding hydrogens is 242 g/mol. The fourth-order valence-electron chi connectivity index (χ4n) is 3.79. The van der Waals surface area contributed by atoms with Gasteiger partial charge in [0.1, 0.15) is 0 Å². The summed E-state index contributed by atoms with van der Waals surface area (Å²) in [5, 5.41) is 1.47. The quantitative estimate of drug-likeness (QED) is 0.624. The summed E-state index contributed by atoms with van der Waals surface area (Å²) >= 11 is 0. The van der Waals surface area contributed by atoms with E-state index in [1.54, 1.807) is 11.3 Å². The van der Waals surface area contributed by atoms with E-state index in [2.05, 4.69) is 36.2 Å². The number of hydrogen-bond acceptors (Lipinski definition) is 0. The molecule has 1 N–H and O–H groups in total. The Labute approximate surface area is 122 Å². The summed E-state index contributed by atoms with van der Waals surface area (Å²) in [7, 11) is 0. The van der Waals surface area contributed by atoms with Gasteiger partial charge in [0.2, 0.25) is 0 Å².